The molecule has 1 saturated heterocycles. The summed E-state index contributed by atoms with van der Waals surface area (Å²) in [7, 11) is 3.87. The van der Waals surface area contributed by atoms with Gasteiger partial charge in [0.25, 0.3) is 0 Å². The van der Waals surface area contributed by atoms with Crippen LogP contribution < -0.4 is 15.0 Å². The first-order chi connectivity index (χ1) is 12.2. The molecule has 1 aliphatic rings. The zero-order valence-corrected chi connectivity index (χ0v) is 15.3. The number of anilines is 2. The highest BCUT2D eigenvalue weighted by atomic mass is 16.5. The second-order valence-electron chi connectivity index (χ2n) is 6.44. The minimum Gasteiger partial charge on any atom is -0.496 e. The van der Waals surface area contributed by atoms with Crippen LogP contribution in [0.5, 0.6) is 5.75 Å². The van der Waals surface area contributed by atoms with E-state index in [4.69, 9.17) is 4.74 Å². The van der Waals surface area contributed by atoms with Gasteiger partial charge in [0, 0.05) is 38.8 Å². The number of nitrogens with zero attached hydrogens (tertiary/aromatic N) is 4. The third kappa shape index (κ3) is 4.60. The molecular formula is C19H27N5O. The van der Waals surface area contributed by atoms with E-state index in [1.807, 2.05) is 25.1 Å². The molecule has 0 saturated carbocycles. The summed E-state index contributed by atoms with van der Waals surface area (Å²) >= 11 is 0. The number of likely N-dealkylation sites (N-methyl/N-ethyl adjacent to an activating group) is 1. The molecule has 134 valence electrons. The van der Waals surface area contributed by atoms with Gasteiger partial charge in [-0.2, -0.15) is 0 Å². The van der Waals surface area contributed by atoms with E-state index in [0.29, 0.717) is 0 Å². The molecule has 0 aliphatic carbocycles. The smallest absolute Gasteiger partial charge is 0.134 e. The molecule has 1 fully saturated rings. The first-order valence-electron chi connectivity index (χ1n) is 8.80. The van der Waals surface area contributed by atoms with Gasteiger partial charge < -0.3 is 19.9 Å². The molecule has 2 heterocycles. The van der Waals surface area contributed by atoms with Crippen molar-refractivity contribution < 1.29 is 4.74 Å². The number of piperazine rings is 1. The van der Waals surface area contributed by atoms with Crippen LogP contribution in [0.3, 0.4) is 0 Å². The Morgan fingerprint density at radius 1 is 1.12 bits per heavy atom. The number of aromatic nitrogens is 2. The van der Waals surface area contributed by atoms with Gasteiger partial charge in [-0.05, 0) is 32.0 Å². The molecule has 0 radical (unpaired) electrons. The molecule has 1 N–H and O–H groups in total. The summed E-state index contributed by atoms with van der Waals surface area (Å²) < 4.78 is 5.41. The largest absolute Gasteiger partial charge is 0.496 e. The summed E-state index contributed by atoms with van der Waals surface area (Å²) in [6.07, 6.45) is 0.886. The zero-order chi connectivity index (χ0) is 17.6. The molecule has 0 spiro atoms. The van der Waals surface area contributed by atoms with Gasteiger partial charge in [-0.3, -0.25) is 0 Å². The lowest BCUT2D eigenvalue weighted by molar-refractivity contribution is 0.312. The number of nitrogens with one attached hydrogen (secondary N) is 1. The molecule has 1 aromatic carbocycles. The lowest BCUT2D eigenvalue weighted by atomic mass is 10.1. The van der Waals surface area contributed by atoms with Gasteiger partial charge in [-0.1, -0.05) is 18.2 Å². The molecule has 6 nitrogen and oxygen atoms in total. The fourth-order valence-electron chi connectivity index (χ4n) is 3.07. The maximum atomic E-state index is 5.41. The van der Waals surface area contributed by atoms with Crippen LogP contribution in [0.4, 0.5) is 11.6 Å². The summed E-state index contributed by atoms with van der Waals surface area (Å²) in [6.45, 7) is 6.91. The Kier molecular flexibility index (Phi) is 5.71. The third-order valence-electron chi connectivity index (χ3n) is 4.54. The monoisotopic (exact) mass is 341 g/mol. The molecule has 1 aromatic heterocycles. The van der Waals surface area contributed by atoms with E-state index in [-0.39, 0.29) is 0 Å². The lowest BCUT2D eigenvalue weighted by Crippen LogP contribution is -2.44. The summed E-state index contributed by atoms with van der Waals surface area (Å²) in [5.74, 6) is 3.63. The average Bonchev–Trinajstić information content (AvgIpc) is 2.62. The van der Waals surface area contributed by atoms with Crippen LogP contribution in [-0.4, -0.2) is 61.7 Å². The zero-order valence-electron chi connectivity index (χ0n) is 15.3. The SMILES string of the molecule is COc1ccccc1CCNc1cc(N2CCN(C)CC2)nc(C)n1. The Hall–Kier alpha value is -2.34. The van der Waals surface area contributed by atoms with E-state index < -0.39 is 0 Å². The van der Waals surface area contributed by atoms with Crippen LogP contribution in [0, 0.1) is 6.92 Å². The Morgan fingerprint density at radius 2 is 1.88 bits per heavy atom. The molecule has 0 amide bonds. The highest BCUT2D eigenvalue weighted by Gasteiger charge is 2.16. The standard InChI is InChI=1S/C19H27N5O/c1-15-21-18(14-19(22-15)24-12-10-23(2)11-13-24)20-9-8-16-6-4-5-7-17(16)25-3/h4-7,14H,8-13H2,1-3H3,(H,20,21,22). The fourth-order valence-corrected chi connectivity index (χ4v) is 3.07. The number of hydrogen-bond acceptors (Lipinski definition) is 6. The molecule has 2 aromatic rings. The number of methoxy groups -OCH3 is 1. The van der Waals surface area contributed by atoms with E-state index >= 15 is 0 Å². The van der Waals surface area contributed by atoms with Crippen molar-refractivity contribution in [1.82, 2.24) is 14.9 Å². The second-order valence-corrected chi connectivity index (χ2v) is 6.44. The Bertz CT molecular complexity index is 698. The number of hydrogen-bond donors (Lipinski definition) is 1. The number of ether oxygens (including phenoxy) is 1. The van der Waals surface area contributed by atoms with Crippen molar-refractivity contribution in [3.05, 3.63) is 41.7 Å². The van der Waals surface area contributed by atoms with Gasteiger partial charge in [-0.25, -0.2) is 9.97 Å². The van der Waals surface area contributed by atoms with Gasteiger partial charge in [0.15, 0.2) is 0 Å². The fraction of sp³-hybridized carbons (Fsp3) is 0.474. The van der Waals surface area contributed by atoms with Crippen molar-refractivity contribution in [2.24, 2.45) is 0 Å². The molecule has 0 atom stereocenters. The Morgan fingerprint density at radius 3 is 2.64 bits per heavy atom. The number of aryl methyl sites for hydroxylation is 1. The number of para-hydroxylation sites is 1. The summed E-state index contributed by atoms with van der Waals surface area (Å²) in [5.41, 5.74) is 1.20. The molecule has 0 bridgehead atoms. The predicted molar refractivity (Wildman–Crippen MR) is 102 cm³/mol. The average molecular weight is 341 g/mol. The lowest BCUT2D eigenvalue weighted by Gasteiger charge is -2.33. The van der Waals surface area contributed by atoms with E-state index in [0.717, 1.165) is 62.4 Å². The van der Waals surface area contributed by atoms with Crippen molar-refractivity contribution in [3.63, 3.8) is 0 Å². The van der Waals surface area contributed by atoms with Crippen molar-refractivity contribution in [2.45, 2.75) is 13.3 Å². The Labute approximate surface area is 149 Å². The van der Waals surface area contributed by atoms with Gasteiger partial charge >= 0.3 is 0 Å². The molecule has 6 heteroatoms. The first-order valence-corrected chi connectivity index (χ1v) is 8.80. The maximum absolute atomic E-state index is 5.41. The second kappa shape index (κ2) is 8.16. The molecule has 25 heavy (non-hydrogen) atoms. The topological polar surface area (TPSA) is 53.5 Å². The highest BCUT2D eigenvalue weighted by Crippen LogP contribution is 2.19. The third-order valence-corrected chi connectivity index (χ3v) is 4.54. The van der Waals surface area contributed by atoms with Crippen molar-refractivity contribution in [2.75, 3.05) is 57.1 Å². The maximum Gasteiger partial charge on any atom is 0.134 e. The van der Waals surface area contributed by atoms with Gasteiger partial charge in [0.1, 0.15) is 23.2 Å². The van der Waals surface area contributed by atoms with Gasteiger partial charge in [0.05, 0.1) is 7.11 Å². The molecule has 1 aliphatic heterocycles. The molecule has 0 unspecified atom stereocenters. The minimum absolute atomic E-state index is 0.802. The Balaban J connectivity index is 1.62. The summed E-state index contributed by atoms with van der Waals surface area (Å²) in [4.78, 5) is 13.8. The number of rotatable bonds is 6. The van der Waals surface area contributed by atoms with Crippen LogP contribution in [0.25, 0.3) is 0 Å². The van der Waals surface area contributed by atoms with E-state index in [2.05, 4.69) is 44.3 Å². The summed E-state index contributed by atoms with van der Waals surface area (Å²) in [6, 6.07) is 10.2. The number of benzene rings is 1. The normalized spacial score (nSPS) is 15.2. The predicted octanol–water partition coefficient (Wildman–Crippen LogP) is 2.20. The summed E-state index contributed by atoms with van der Waals surface area (Å²) in [5, 5.41) is 3.43. The van der Waals surface area contributed by atoms with E-state index in [9.17, 15) is 0 Å². The molecule has 3 rings (SSSR count). The van der Waals surface area contributed by atoms with Crippen molar-refractivity contribution >= 4 is 11.6 Å². The van der Waals surface area contributed by atoms with Crippen LogP contribution >= 0.6 is 0 Å². The van der Waals surface area contributed by atoms with Crippen molar-refractivity contribution in [1.29, 1.82) is 0 Å². The van der Waals surface area contributed by atoms with Crippen LogP contribution in [-0.2, 0) is 6.42 Å². The van der Waals surface area contributed by atoms with Crippen LogP contribution in [0.2, 0.25) is 0 Å². The molecular weight excluding hydrogens is 314 g/mol. The van der Waals surface area contributed by atoms with E-state index in [1.54, 1.807) is 7.11 Å². The van der Waals surface area contributed by atoms with Crippen LogP contribution in [0.1, 0.15) is 11.4 Å². The van der Waals surface area contributed by atoms with Gasteiger partial charge in [0.2, 0.25) is 0 Å². The first kappa shape index (κ1) is 17.5. The van der Waals surface area contributed by atoms with Gasteiger partial charge in [-0.15, -0.1) is 0 Å². The van der Waals surface area contributed by atoms with E-state index in [1.165, 1.54) is 5.56 Å². The highest BCUT2D eigenvalue weighted by molar-refractivity contribution is 5.50. The minimum atomic E-state index is 0.802. The quantitative estimate of drug-likeness (QED) is 0.869. The van der Waals surface area contributed by atoms with Crippen molar-refractivity contribution in [3.8, 4) is 5.75 Å². The van der Waals surface area contributed by atoms with Crippen LogP contribution in [0.15, 0.2) is 30.3 Å².